The molecule has 2 aromatic rings. The molecular weight excluding hydrogens is 423 g/mol. The lowest BCUT2D eigenvalue weighted by Gasteiger charge is -2.10. The van der Waals surface area contributed by atoms with Gasteiger partial charge < -0.3 is 4.42 Å². The van der Waals surface area contributed by atoms with Crippen molar-refractivity contribution < 1.29 is 4.42 Å². The zero-order chi connectivity index (χ0) is 11.7. The SMILES string of the molecule is Clc1ccc(C(Br)c2cc(Br)ccc2Br)o1. The van der Waals surface area contributed by atoms with Gasteiger partial charge in [-0.1, -0.05) is 47.8 Å². The smallest absolute Gasteiger partial charge is 0.193 e. The molecule has 1 aromatic carbocycles. The van der Waals surface area contributed by atoms with Crippen LogP contribution in [-0.4, -0.2) is 0 Å². The van der Waals surface area contributed by atoms with Crippen molar-refractivity contribution in [2.24, 2.45) is 0 Å². The van der Waals surface area contributed by atoms with E-state index in [1.165, 1.54) is 0 Å². The molecule has 1 heterocycles. The number of furan rings is 1. The molecule has 2 rings (SSSR count). The summed E-state index contributed by atoms with van der Waals surface area (Å²) >= 11 is 16.3. The predicted octanol–water partition coefficient (Wildman–Crippen LogP) is 5.94. The van der Waals surface area contributed by atoms with Crippen LogP contribution in [0.4, 0.5) is 0 Å². The van der Waals surface area contributed by atoms with Gasteiger partial charge in [-0.15, -0.1) is 0 Å². The minimum absolute atomic E-state index is 0.0214. The Bertz CT molecular complexity index is 510. The molecule has 0 spiro atoms. The predicted molar refractivity (Wildman–Crippen MR) is 76.3 cm³/mol. The minimum atomic E-state index is -0.0214. The van der Waals surface area contributed by atoms with Gasteiger partial charge in [-0.3, -0.25) is 0 Å². The van der Waals surface area contributed by atoms with Crippen molar-refractivity contribution in [1.29, 1.82) is 0 Å². The van der Waals surface area contributed by atoms with E-state index in [-0.39, 0.29) is 4.83 Å². The van der Waals surface area contributed by atoms with Crippen LogP contribution in [0.25, 0.3) is 0 Å². The van der Waals surface area contributed by atoms with E-state index in [9.17, 15) is 0 Å². The average Bonchev–Trinajstić information content (AvgIpc) is 2.67. The summed E-state index contributed by atoms with van der Waals surface area (Å²) in [5.74, 6) is 0.781. The number of alkyl halides is 1. The van der Waals surface area contributed by atoms with Gasteiger partial charge in [-0.25, -0.2) is 0 Å². The maximum atomic E-state index is 5.75. The highest BCUT2D eigenvalue weighted by Crippen LogP contribution is 2.38. The van der Waals surface area contributed by atoms with Crippen molar-refractivity contribution in [3.8, 4) is 0 Å². The zero-order valence-corrected chi connectivity index (χ0v) is 13.4. The first-order valence-electron chi connectivity index (χ1n) is 4.42. The van der Waals surface area contributed by atoms with Gasteiger partial charge in [0, 0.05) is 8.95 Å². The fourth-order valence-corrected chi connectivity index (χ4v) is 3.27. The second kappa shape index (κ2) is 5.25. The first kappa shape index (κ1) is 12.7. The molecule has 0 bridgehead atoms. The fourth-order valence-electron chi connectivity index (χ4n) is 1.33. The summed E-state index contributed by atoms with van der Waals surface area (Å²) in [6.45, 7) is 0. The third kappa shape index (κ3) is 2.73. The molecule has 0 aliphatic carbocycles. The van der Waals surface area contributed by atoms with Crippen molar-refractivity contribution in [2.45, 2.75) is 4.83 Å². The molecule has 0 aliphatic rings. The lowest BCUT2D eigenvalue weighted by Crippen LogP contribution is -1.92. The van der Waals surface area contributed by atoms with Crippen LogP contribution in [0.3, 0.4) is 0 Å². The molecule has 1 nitrogen and oxygen atoms in total. The van der Waals surface area contributed by atoms with E-state index in [1.54, 1.807) is 6.07 Å². The molecule has 16 heavy (non-hydrogen) atoms. The molecule has 1 atom stereocenters. The first-order chi connectivity index (χ1) is 7.58. The molecule has 1 unspecified atom stereocenters. The lowest BCUT2D eigenvalue weighted by atomic mass is 10.1. The van der Waals surface area contributed by atoms with Crippen molar-refractivity contribution in [1.82, 2.24) is 0 Å². The van der Waals surface area contributed by atoms with Crippen molar-refractivity contribution in [3.05, 3.63) is 55.8 Å². The number of benzene rings is 1. The number of hydrogen-bond donors (Lipinski definition) is 0. The summed E-state index contributed by atoms with van der Waals surface area (Å²) in [4.78, 5) is -0.0214. The van der Waals surface area contributed by atoms with Crippen molar-refractivity contribution in [3.63, 3.8) is 0 Å². The first-order valence-corrected chi connectivity index (χ1v) is 7.30. The van der Waals surface area contributed by atoms with Crippen LogP contribution in [0, 0.1) is 0 Å². The Morgan fingerprint density at radius 3 is 2.50 bits per heavy atom. The third-order valence-corrected chi connectivity index (χ3v) is 4.44. The van der Waals surface area contributed by atoms with Crippen LogP contribution < -0.4 is 0 Å². The van der Waals surface area contributed by atoms with Gasteiger partial charge >= 0.3 is 0 Å². The standard InChI is InChI=1S/C11H6Br3ClO/c12-6-1-2-8(13)7(5-6)11(14)9-3-4-10(15)16-9/h1-5,11H. The van der Waals surface area contributed by atoms with Crippen molar-refractivity contribution in [2.75, 3.05) is 0 Å². The molecule has 0 radical (unpaired) electrons. The largest absolute Gasteiger partial charge is 0.448 e. The second-order valence-electron chi connectivity index (χ2n) is 3.17. The molecule has 0 fully saturated rings. The van der Waals surface area contributed by atoms with E-state index in [0.29, 0.717) is 5.22 Å². The van der Waals surface area contributed by atoms with Crippen LogP contribution in [0.5, 0.6) is 0 Å². The van der Waals surface area contributed by atoms with E-state index in [4.69, 9.17) is 16.0 Å². The van der Waals surface area contributed by atoms with E-state index in [1.807, 2.05) is 24.3 Å². The lowest BCUT2D eigenvalue weighted by molar-refractivity contribution is 0.521. The molecule has 5 heteroatoms. The van der Waals surface area contributed by atoms with Gasteiger partial charge in [0.05, 0.1) is 4.83 Å². The average molecular weight is 429 g/mol. The van der Waals surface area contributed by atoms with Crippen molar-refractivity contribution >= 4 is 59.4 Å². The van der Waals surface area contributed by atoms with Crippen LogP contribution in [-0.2, 0) is 0 Å². The summed E-state index contributed by atoms with van der Waals surface area (Å²) in [6, 6.07) is 9.58. The highest BCUT2D eigenvalue weighted by Gasteiger charge is 2.17. The summed E-state index contributed by atoms with van der Waals surface area (Å²) in [7, 11) is 0. The Labute approximate surface area is 124 Å². The molecule has 0 saturated heterocycles. The van der Waals surface area contributed by atoms with Gasteiger partial charge in [0.25, 0.3) is 0 Å². The Hall–Kier alpha value is 0.230. The van der Waals surface area contributed by atoms with E-state index < -0.39 is 0 Å². The molecule has 0 aliphatic heterocycles. The van der Waals surface area contributed by atoms with Crippen LogP contribution in [0.1, 0.15) is 16.2 Å². The van der Waals surface area contributed by atoms with Crippen LogP contribution in [0.15, 0.2) is 43.7 Å². The number of rotatable bonds is 2. The molecule has 1 aromatic heterocycles. The van der Waals surface area contributed by atoms with Gasteiger partial charge in [-0.05, 0) is 47.5 Å². The normalized spacial score (nSPS) is 12.8. The Morgan fingerprint density at radius 2 is 1.88 bits per heavy atom. The molecular formula is C11H6Br3ClO. The summed E-state index contributed by atoms with van der Waals surface area (Å²) in [5.41, 5.74) is 1.08. The molecule has 0 N–H and O–H groups in total. The molecule has 0 saturated carbocycles. The maximum absolute atomic E-state index is 5.75. The molecule has 0 amide bonds. The van der Waals surface area contributed by atoms with Gasteiger partial charge in [0.15, 0.2) is 5.22 Å². The summed E-state index contributed by atoms with van der Waals surface area (Å²) in [5, 5.41) is 0.394. The van der Waals surface area contributed by atoms with Gasteiger partial charge in [0.1, 0.15) is 5.76 Å². The van der Waals surface area contributed by atoms with E-state index in [0.717, 1.165) is 20.3 Å². The van der Waals surface area contributed by atoms with Gasteiger partial charge in [-0.2, -0.15) is 0 Å². The Morgan fingerprint density at radius 1 is 1.12 bits per heavy atom. The number of hydrogen-bond acceptors (Lipinski definition) is 1. The molecule has 84 valence electrons. The zero-order valence-electron chi connectivity index (χ0n) is 7.88. The summed E-state index contributed by atoms with van der Waals surface area (Å²) < 4.78 is 7.42. The Kier molecular flexibility index (Phi) is 4.16. The summed E-state index contributed by atoms with van der Waals surface area (Å²) in [6.07, 6.45) is 0. The monoisotopic (exact) mass is 426 g/mol. The fraction of sp³-hybridized carbons (Fsp3) is 0.0909. The Balaban J connectivity index is 2.40. The number of halogens is 4. The van der Waals surface area contributed by atoms with Crippen LogP contribution in [0.2, 0.25) is 5.22 Å². The maximum Gasteiger partial charge on any atom is 0.193 e. The highest BCUT2D eigenvalue weighted by molar-refractivity contribution is 9.11. The minimum Gasteiger partial charge on any atom is -0.448 e. The van der Waals surface area contributed by atoms with E-state index in [2.05, 4.69) is 47.8 Å². The van der Waals surface area contributed by atoms with Gasteiger partial charge in [0.2, 0.25) is 0 Å². The highest BCUT2D eigenvalue weighted by atomic mass is 79.9. The second-order valence-corrected chi connectivity index (χ2v) is 6.23. The van der Waals surface area contributed by atoms with Crippen LogP contribution >= 0.6 is 59.4 Å². The third-order valence-electron chi connectivity index (χ3n) is 2.07. The topological polar surface area (TPSA) is 13.1 Å². The van der Waals surface area contributed by atoms with E-state index >= 15 is 0 Å². The quantitative estimate of drug-likeness (QED) is 0.539.